The van der Waals surface area contributed by atoms with Crippen molar-refractivity contribution in [1.82, 2.24) is 10.2 Å². The molecule has 0 unspecified atom stereocenters. The number of amides is 3. The molecule has 5 nitrogen and oxygen atoms in total. The molecule has 3 amide bonds. The van der Waals surface area contributed by atoms with Crippen LogP contribution in [0.5, 0.6) is 0 Å². The molecule has 0 spiro atoms. The number of carbonyl (C=O) groups is 2. The van der Waals surface area contributed by atoms with Crippen molar-refractivity contribution in [3.8, 4) is 0 Å². The number of nitrogens with zero attached hydrogens (tertiary/aromatic N) is 1. The molecule has 0 radical (unpaired) electrons. The molecule has 0 saturated carbocycles. The SMILES string of the molecule is CC(C)(NC(=O)N1CCC(C(N)=O)CC1)c1ccccc1. The number of piperidine rings is 1. The lowest BCUT2D eigenvalue weighted by Gasteiger charge is -2.34. The van der Waals surface area contributed by atoms with E-state index in [-0.39, 0.29) is 17.9 Å². The highest BCUT2D eigenvalue weighted by atomic mass is 16.2. The van der Waals surface area contributed by atoms with Crippen molar-refractivity contribution >= 4 is 11.9 Å². The number of benzene rings is 1. The molecule has 0 atom stereocenters. The summed E-state index contributed by atoms with van der Waals surface area (Å²) in [5.74, 6) is -0.365. The van der Waals surface area contributed by atoms with E-state index in [0.717, 1.165) is 5.56 Å². The molecule has 1 aromatic carbocycles. The largest absolute Gasteiger partial charge is 0.369 e. The average Bonchev–Trinajstić information content (AvgIpc) is 2.48. The van der Waals surface area contributed by atoms with E-state index in [1.54, 1.807) is 4.90 Å². The Morgan fingerprint density at radius 3 is 2.29 bits per heavy atom. The zero-order valence-electron chi connectivity index (χ0n) is 12.6. The van der Waals surface area contributed by atoms with Crippen LogP contribution < -0.4 is 11.1 Å². The Morgan fingerprint density at radius 2 is 1.76 bits per heavy atom. The summed E-state index contributed by atoms with van der Waals surface area (Å²) in [6.45, 7) is 5.11. The summed E-state index contributed by atoms with van der Waals surface area (Å²) in [5, 5.41) is 3.06. The van der Waals surface area contributed by atoms with E-state index in [2.05, 4.69) is 5.32 Å². The van der Waals surface area contributed by atoms with Crippen LogP contribution in [-0.4, -0.2) is 29.9 Å². The van der Waals surface area contributed by atoms with E-state index in [1.165, 1.54) is 0 Å². The molecule has 5 heteroatoms. The number of likely N-dealkylation sites (tertiary alicyclic amines) is 1. The van der Waals surface area contributed by atoms with Gasteiger partial charge in [0.05, 0.1) is 5.54 Å². The molecular weight excluding hydrogens is 266 g/mol. The smallest absolute Gasteiger partial charge is 0.318 e. The van der Waals surface area contributed by atoms with E-state index >= 15 is 0 Å². The van der Waals surface area contributed by atoms with Crippen LogP contribution >= 0.6 is 0 Å². The molecule has 2 rings (SSSR count). The molecule has 3 N–H and O–H groups in total. The van der Waals surface area contributed by atoms with Crippen LogP contribution in [0.2, 0.25) is 0 Å². The minimum atomic E-state index is -0.432. The predicted molar refractivity (Wildman–Crippen MR) is 81.5 cm³/mol. The number of hydrogen-bond donors (Lipinski definition) is 2. The van der Waals surface area contributed by atoms with Crippen molar-refractivity contribution in [1.29, 1.82) is 0 Å². The second kappa shape index (κ2) is 6.16. The standard InChI is InChI=1S/C16H23N3O2/c1-16(2,13-6-4-3-5-7-13)18-15(21)19-10-8-12(9-11-19)14(17)20/h3-7,12H,8-11H2,1-2H3,(H2,17,20)(H,18,21). The molecule has 0 aliphatic carbocycles. The van der Waals surface area contributed by atoms with Gasteiger partial charge in [0.2, 0.25) is 5.91 Å². The highest BCUT2D eigenvalue weighted by Crippen LogP contribution is 2.21. The molecule has 1 aliphatic heterocycles. The molecular formula is C16H23N3O2. The third kappa shape index (κ3) is 3.74. The zero-order chi connectivity index (χ0) is 15.5. The second-order valence-electron chi connectivity index (χ2n) is 6.08. The first-order valence-electron chi connectivity index (χ1n) is 7.32. The molecule has 1 heterocycles. The molecule has 0 aromatic heterocycles. The van der Waals surface area contributed by atoms with Crippen LogP contribution in [0.4, 0.5) is 4.79 Å². The molecule has 21 heavy (non-hydrogen) atoms. The first-order valence-corrected chi connectivity index (χ1v) is 7.32. The molecule has 1 fully saturated rings. The topological polar surface area (TPSA) is 75.4 Å². The fourth-order valence-electron chi connectivity index (χ4n) is 2.64. The number of nitrogens with two attached hydrogens (primary N) is 1. The van der Waals surface area contributed by atoms with Crippen molar-refractivity contribution in [3.63, 3.8) is 0 Å². The lowest BCUT2D eigenvalue weighted by atomic mass is 9.94. The molecule has 114 valence electrons. The lowest BCUT2D eigenvalue weighted by Crippen LogP contribution is -2.51. The van der Waals surface area contributed by atoms with Gasteiger partial charge in [-0.2, -0.15) is 0 Å². The summed E-state index contributed by atoms with van der Waals surface area (Å²) in [6, 6.07) is 9.78. The second-order valence-corrected chi connectivity index (χ2v) is 6.08. The van der Waals surface area contributed by atoms with Crippen molar-refractivity contribution < 1.29 is 9.59 Å². The highest BCUT2D eigenvalue weighted by Gasteiger charge is 2.29. The number of nitrogens with one attached hydrogen (secondary N) is 1. The number of carbonyl (C=O) groups excluding carboxylic acids is 2. The first kappa shape index (κ1) is 15.4. The summed E-state index contributed by atoms with van der Waals surface area (Å²) in [4.78, 5) is 25.3. The van der Waals surface area contributed by atoms with Crippen LogP contribution in [0.1, 0.15) is 32.3 Å². The van der Waals surface area contributed by atoms with Crippen molar-refractivity contribution in [2.45, 2.75) is 32.2 Å². The van der Waals surface area contributed by atoms with Crippen LogP contribution in [0, 0.1) is 5.92 Å². The maximum Gasteiger partial charge on any atom is 0.318 e. The van der Waals surface area contributed by atoms with Gasteiger partial charge in [-0.3, -0.25) is 4.79 Å². The molecule has 1 aliphatic rings. The monoisotopic (exact) mass is 289 g/mol. The van der Waals surface area contributed by atoms with Crippen molar-refractivity contribution in [2.24, 2.45) is 11.7 Å². The Labute approximate surface area is 125 Å². The fourth-order valence-corrected chi connectivity index (χ4v) is 2.64. The summed E-state index contributed by atoms with van der Waals surface area (Å²) in [5.41, 5.74) is 5.94. The predicted octanol–water partition coefficient (Wildman–Crippen LogP) is 1.83. The van der Waals surface area contributed by atoms with Gasteiger partial charge in [-0.05, 0) is 32.3 Å². The Morgan fingerprint density at radius 1 is 1.19 bits per heavy atom. The Hall–Kier alpha value is -2.04. The van der Waals surface area contributed by atoms with Gasteiger partial charge in [-0.25, -0.2) is 4.79 Å². The third-order valence-electron chi connectivity index (χ3n) is 4.10. The Balaban J connectivity index is 1.94. The number of primary amides is 1. The summed E-state index contributed by atoms with van der Waals surface area (Å²) >= 11 is 0. The number of urea groups is 1. The Bertz CT molecular complexity index is 506. The van der Waals surface area contributed by atoms with Gasteiger partial charge in [-0.15, -0.1) is 0 Å². The molecule has 1 saturated heterocycles. The van der Waals surface area contributed by atoms with Gasteiger partial charge in [0.25, 0.3) is 0 Å². The van der Waals surface area contributed by atoms with E-state index in [9.17, 15) is 9.59 Å². The molecule has 1 aromatic rings. The quantitative estimate of drug-likeness (QED) is 0.890. The van der Waals surface area contributed by atoms with Gasteiger partial charge in [0.15, 0.2) is 0 Å². The van der Waals surface area contributed by atoms with Crippen molar-refractivity contribution in [3.05, 3.63) is 35.9 Å². The van der Waals surface area contributed by atoms with E-state index in [4.69, 9.17) is 5.73 Å². The van der Waals surface area contributed by atoms with Gasteiger partial charge in [0.1, 0.15) is 0 Å². The maximum atomic E-state index is 12.4. The van der Waals surface area contributed by atoms with Crippen LogP contribution in [0.15, 0.2) is 30.3 Å². The summed E-state index contributed by atoms with van der Waals surface area (Å²) in [7, 11) is 0. The third-order valence-corrected chi connectivity index (χ3v) is 4.10. The van der Waals surface area contributed by atoms with Gasteiger partial charge >= 0.3 is 6.03 Å². The van der Waals surface area contributed by atoms with Crippen LogP contribution in [0.3, 0.4) is 0 Å². The van der Waals surface area contributed by atoms with Crippen LogP contribution in [0.25, 0.3) is 0 Å². The van der Waals surface area contributed by atoms with Crippen molar-refractivity contribution in [2.75, 3.05) is 13.1 Å². The lowest BCUT2D eigenvalue weighted by molar-refractivity contribution is -0.123. The highest BCUT2D eigenvalue weighted by molar-refractivity contribution is 5.78. The maximum absolute atomic E-state index is 12.4. The number of rotatable bonds is 3. The number of hydrogen-bond acceptors (Lipinski definition) is 2. The first-order chi connectivity index (χ1) is 9.90. The Kier molecular flexibility index (Phi) is 4.50. The summed E-state index contributed by atoms with van der Waals surface area (Å²) < 4.78 is 0. The van der Waals surface area contributed by atoms with Gasteiger partial charge < -0.3 is 16.0 Å². The average molecular weight is 289 g/mol. The molecule has 0 bridgehead atoms. The van der Waals surface area contributed by atoms with Gasteiger partial charge in [-0.1, -0.05) is 30.3 Å². The van der Waals surface area contributed by atoms with E-state index < -0.39 is 5.54 Å². The van der Waals surface area contributed by atoms with E-state index in [0.29, 0.717) is 25.9 Å². The van der Waals surface area contributed by atoms with Gasteiger partial charge in [0, 0.05) is 19.0 Å². The van der Waals surface area contributed by atoms with E-state index in [1.807, 2.05) is 44.2 Å². The summed E-state index contributed by atoms with van der Waals surface area (Å²) in [6.07, 6.45) is 1.29. The zero-order valence-corrected chi connectivity index (χ0v) is 12.6. The minimum absolute atomic E-state index is 0.0910. The normalized spacial score (nSPS) is 16.6. The fraction of sp³-hybridized carbons (Fsp3) is 0.500. The minimum Gasteiger partial charge on any atom is -0.369 e. The van der Waals surface area contributed by atoms with Crippen LogP contribution in [-0.2, 0) is 10.3 Å².